The van der Waals surface area contributed by atoms with Crippen LogP contribution in [-0.2, 0) is 19.1 Å². The molecule has 1 unspecified atom stereocenters. The lowest BCUT2D eigenvalue weighted by atomic mass is 10.4. The van der Waals surface area contributed by atoms with Crippen molar-refractivity contribution in [2.45, 2.75) is 27.0 Å². The molecular formula is C15H25NO6. The fourth-order valence-electron chi connectivity index (χ4n) is 0.361. The summed E-state index contributed by atoms with van der Waals surface area (Å²) in [7, 11) is 3.69. The van der Waals surface area contributed by atoms with E-state index in [0.717, 1.165) is 6.08 Å². The zero-order chi connectivity index (χ0) is 18.5. The van der Waals surface area contributed by atoms with E-state index in [-0.39, 0.29) is 17.8 Å². The van der Waals surface area contributed by atoms with Crippen molar-refractivity contribution >= 4 is 17.9 Å². The third-order valence-electron chi connectivity index (χ3n) is 1.89. The Kier molecular flexibility index (Phi) is 15.2. The number of hydrogen-bond acceptors (Lipinski definition) is 5. The summed E-state index contributed by atoms with van der Waals surface area (Å²) in [6, 6.07) is 0. The number of carboxylic acids is 2. The molecule has 22 heavy (non-hydrogen) atoms. The van der Waals surface area contributed by atoms with Crippen molar-refractivity contribution < 1.29 is 29.3 Å². The van der Waals surface area contributed by atoms with Crippen LogP contribution in [0.15, 0.2) is 37.0 Å². The second-order valence-corrected chi connectivity index (χ2v) is 4.38. The van der Waals surface area contributed by atoms with Crippen LogP contribution in [0.25, 0.3) is 0 Å². The van der Waals surface area contributed by atoms with Crippen molar-refractivity contribution in [1.29, 1.82) is 0 Å². The van der Waals surface area contributed by atoms with Crippen LogP contribution >= 0.6 is 0 Å². The van der Waals surface area contributed by atoms with Gasteiger partial charge in [-0.2, -0.15) is 0 Å². The number of rotatable bonds is 5. The molecule has 0 aromatic carbocycles. The number of nitrogens with zero attached hydrogens (tertiary/aromatic N) is 1. The molecule has 0 fully saturated rings. The van der Waals surface area contributed by atoms with Gasteiger partial charge in [0.15, 0.2) is 6.23 Å². The van der Waals surface area contributed by atoms with Gasteiger partial charge < -0.3 is 14.9 Å². The van der Waals surface area contributed by atoms with Crippen molar-refractivity contribution in [3.05, 3.63) is 37.0 Å². The number of esters is 1. The zero-order valence-electron chi connectivity index (χ0n) is 13.8. The molecule has 126 valence electrons. The van der Waals surface area contributed by atoms with Gasteiger partial charge in [-0.05, 0) is 34.9 Å². The quantitative estimate of drug-likeness (QED) is 0.453. The van der Waals surface area contributed by atoms with E-state index in [1.54, 1.807) is 18.7 Å². The summed E-state index contributed by atoms with van der Waals surface area (Å²) in [5, 5.41) is 15.5. The van der Waals surface area contributed by atoms with Crippen molar-refractivity contribution in [2.24, 2.45) is 0 Å². The first kappa shape index (κ1) is 24.6. The molecule has 0 heterocycles. The standard InChI is InChI=1S/C8H15NO2.C4H6O2.C3H4O2/c1-6(2)8(10)11-7(3)9(4)5;1-3(2)4(5)6;1-2-3(4)5/h7H,1H2,2-5H3;1H2,2H3,(H,5,6);2H,1H2,(H,4,5). The predicted octanol–water partition coefficient (Wildman–Crippen LogP) is 1.92. The molecule has 0 aromatic rings. The van der Waals surface area contributed by atoms with Gasteiger partial charge in [-0.1, -0.05) is 19.7 Å². The second-order valence-electron chi connectivity index (χ2n) is 4.38. The van der Waals surface area contributed by atoms with Gasteiger partial charge in [0.2, 0.25) is 0 Å². The van der Waals surface area contributed by atoms with Gasteiger partial charge in [-0.25, -0.2) is 14.4 Å². The molecule has 7 heteroatoms. The minimum atomic E-state index is -0.981. The van der Waals surface area contributed by atoms with E-state index in [4.69, 9.17) is 14.9 Å². The summed E-state index contributed by atoms with van der Waals surface area (Å²) in [4.78, 5) is 31.6. The van der Waals surface area contributed by atoms with Gasteiger partial charge in [0.1, 0.15) is 0 Å². The molecule has 0 aliphatic rings. The van der Waals surface area contributed by atoms with E-state index in [1.807, 2.05) is 14.1 Å². The third kappa shape index (κ3) is 19.9. The normalized spacial score (nSPS) is 9.91. The molecule has 0 spiro atoms. The summed E-state index contributed by atoms with van der Waals surface area (Å²) in [6.45, 7) is 14.5. The molecule has 7 nitrogen and oxygen atoms in total. The fourth-order valence-corrected chi connectivity index (χ4v) is 0.361. The number of aliphatic carboxylic acids is 2. The van der Waals surface area contributed by atoms with Gasteiger partial charge in [0, 0.05) is 17.2 Å². The molecule has 2 N–H and O–H groups in total. The Morgan fingerprint density at radius 3 is 1.55 bits per heavy atom. The highest BCUT2D eigenvalue weighted by molar-refractivity contribution is 5.87. The van der Waals surface area contributed by atoms with Gasteiger partial charge in [-0.3, -0.25) is 4.90 Å². The average molecular weight is 315 g/mol. The third-order valence-corrected chi connectivity index (χ3v) is 1.89. The number of carboxylic acid groups (broad SMARTS) is 2. The Morgan fingerprint density at radius 2 is 1.41 bits per heavy atom. The van der Waals surface area contributed by atoms with Crippen LogP contribution in [0, 0.1) is 0 Å². The maximum atomic E-state index is 10.9. The maximum Gasteiger partial charge on any atom is 0.334 e. The van der Waals surface area contributed by atoms with E-state index >= 15 is 0 Å². The molecule has 0 aromatic heterocycles. The number of hydrogen-bond donors (Lipinski definition) is 2. The smallest absolute Gasteiger partial charge is 0.334 e. The molecule has 0 saturated heterocycles. The first-order valence-corrected chi connectivity index (χ1v) is 6.13. The van der Waals surface area contributed by atoms with Crippen LogP contribution < -0.4 is 0 Å². The van der Waals surface area contributed by atoms with Crippen molar-refractivity contribution in [3.63, 3.8) is 0 Å². The largest absolute Gasteiger partial charge is 0.478 e. The summed E-state index contributed by atoms with van der Waals surface area (Å²) < 4.78 is 4.96. The van der Waals surface area contributed by atoms with E-state index < -0.39 is 11.9 Å². The molecule has 0 bridgehead atoms. The molecule has 0 aliphatic heterocycles. The summed E-state index contributed by atoms with van der Waals surface area (Å²) in [5.74, 6) is -2.26. The average Bonchev–Trinajstić information content (AvgIpc) is 2.39. The van der Waals surface area contributed by atoms with Crippen molar-refractivity contribution in [2.75, 3.05) is 14.1 Å². The van der Waals surface area contributed by atoms with Gasteiger partial charge in [-0.15, -0.1) is 0 Å². The molecule has 1 atom stereocenters. The summed E-state index contributed by atoms with van der Waals surface area (Å²) in [5.41, 5.74) is 0.605. The monoisotopic (exact) mass is 315 g/mol. The zero-order valence-corrected chi connectivity index (χ0v) is 13.8. The molecule has 0 rings (SSSR count). The SMILES string of the molecule is C=C(C)C(=O)O.C=C(C)C(=O)OC(C)N(C)C.C=CC(=O)O. The van der Waals surface area contributed by atoms with Crippen LogP contribution in [-0.4, -0.2) is 53.3 Å². The highest BCUT2D eigenvalue weighted by atomic mass is 16.6. The summed E-state index contributed by atoms with van der Waals surface area (Å²) >= 11 is 0. The minimum absolute atomic E-state index is 0.176. The first-order chi connectivity index (χ1) is 9.86. The van der Waals surface area contributed by atoms with Crippen LogP contribution in [0.5, 0.6) is 0 Å². The summed E-state index contributed by atoms with van der Waals surface area (Å²) in [6.07, 6.45) is 0.638. The Balaban J connectivity index is -0.000000277. The minimum Gasteiger partial charge on any atom is -0.478 e. The molecular weight excluding hydrogens is 290 g/mol. The highest BCUT2D eigenvalue weighted by Crippen LogP contribution is 1.99. The molecule has 0 radical (unpaired) electrons. The number of ether oxygens (including phenoxy) is 1. The lowest BCUT2D eigenvalue weighted by Gasteiger charge is -2.19. The van der Waals surface area contributed by atoms with Crippen molar-refractivity contribution in [3.8, 4) is 0 Å². The van der Waals surface area contributed by atoms with E-state index in [0.29, 0.717) is 5.57 Å². The Hall–Kier alpha value is -2.41. The Labute approximate surface area is 131 Å². The van der Waals surface area contributed by atoms with Crippen molar-refractivity contribution in [1.82, 2.24) is 4.90 Å². The molecule has 0 aliphatic carbocycles. The van der Waals surface area contributed by atoms with Crippen LogP contribution in [0.1, 0.15) is 20.8 Å². The molecule has 0 amide bonds. The van der Waals surface area contributed by atoms with Crippen LogP contribution in [0.4, 0.5) is 0 Å². The van der Waals surface area contributed by atoms with Gasteiger partial charge in [0.05, 0.1) is 0 Å². The van der Waals surface area contributed by atoms with Crippen LogP contribution in [0.2, 0.25) is 0 Å². The van der Waals surface area contributed by atoms with E-state index in [1.165, 1.54) is 6.92 Å². The van der Waals surface area contributed by atoms with Gasteiger partial charge >= 0.3 is 17.9 Å². The van der Waals surface area contributed by atoms with Gasteiger partial charge in [0.25, 0.3) is 0 Å². The Morgan fingerprint density at radius 1 is 1.09 bits per heavy atom. The van der Waals surface area contributed by atoms with E-state index in [2.05, 4.69) is 19.7 Å². The highest BCUT2D eigenvalue weighted by Gasteiger charge is 2.10. The van der Waals surface area contributed by atoms with E-state index in [9.17, 15) is 14.4 Å². The Bertz CT molecular complexity index is 414. The second kappa shape index (κ2) is 13.6. The topological polar surface area (TPSA) is 104 Å². The first-order valence-electron chi connectivity index (χ1n) is 6.13. The number of carbonyl (C=O) groups is 3. The lowest BCUT2D eigenvalue weighted by Crippen LogP contribution is -2.30. The molecule has 0 saturated carbocycles. The fraction of sp³-hybridized carbons (Fsp3) is 0.400. The number of carbonyl (C=O) groups excluding carboxylic acids is 1. The lowest BCUT2D eigenvalue weighted by molar-refractivity contribution is -0.150. The maximum absolute atomic E-state index is 10.9. The predicted molar refractivity (Wildman–Crippen MR) is 84.3 cm³/mol. The van der Waals surface area contributed by atoms with Crippen LogP contribution in [0.3, 0.4) is 0 Å².